The number of nitrogens with one attached hydrogen (secondary N) is 1. The molecule has 0 unspecified atom stereocenters. The van der Waals surface area contributed by atoms with Gasteiger partial charge < -0.3 is 0 Å². The highest BCUT2D eigenvalue weighted by molar-refractivity contribution is 5.89. The van der Waals surface area contributed by atoms with Crippen LogP contribution in [-0.4, -0.2) is 15.9 Å². The topological polar surface area (TPSA) is 54.9 Å². The number of amides is 1. The number of nitrogens with zero attached hydrogens (tertiary/aromatic N) is 2. The summed E-state index contributed by atoms with van der Waals surface area (Å²) in [6.07, 6.45) is 0.443. The van der Waals surface area contributed by atoms with Crippen molar-refractivity contribution >= 4 is 11.9 Å². The van der Waals surface area contributed by atoms with Gasteiger partial charge in [-0.05, 0) is 18.9 Å². The van der Waals surface area contributed by atoms with Crippen LogP contribution in [0.5, 0.6) is 0 Å². The Morgan fingerprint density at radius 1 is 0.923 bits per heavy atom. The van der Waals surface area contributed by atoms with Crippen molar-refractivity contribution in [2.24, 2.45) is 5.92 Å². The van der Waals surface area contributed by atoms with E-state index in [2.05, 4.69) is 34.3 Å². The van der Waals surface area contributed by atoms with Crippen molar-refractivity contribution in [1.82, 2.24) is 9.97 Å². The van der Waals surface area contributed by atoms with E-state index in [0.717, 1.165) is 22.5 Å². The summed E-state index contributed by atoms with van der Waals surface area (Å²) in [5, 5.41) is 2.84. The van der Waals surface area contributed by atoms with E-state index in [1.165, 1.54) is 5.56 Å². The first-order chi connectivity index (χ1) is 12.5. The van der Waals surface area contributed by atoms with Gasteiger partial charge in [-0.1, -0.05) is 74.0 Å². The molecule has 4 nitrogen and oxygen atoms in total. The van der Waals surface area contributed by atoms with E-state index in [9.17, 15) is 4.79 Å². The first-order valence-electron chi connectivity index (χ1n) is 8.82. The molecule has 0 saturated carbocycles. The normalized spacial score (nSPS) is 10.8. The van der Waals surface area contributed by atoms with Gasteiger partial charge >= 0.3 is 0 Å². The molecule has 0 spiro atoms. The Hall–Kier alpha value is -3.01. The third kappa shape index (κ3) is 4.54. The van der Waals surface area contributed by atoms with E-state index in [-0.39, 0.29) is 11.8 Å². The van der Waals surface area contributed by atoms with Crippen LogP contribution in [-0.2, 0) is 4.79 Å². The summed E-state index contributed by atoms with van der Waals surface area (Å²) < 4.78 is 0. The van der Waals surface area contributed by atoms with Gasteiger partial charge in [0.25, 0.3) is 0 Å². The smallest absolute Gasteiger partial charge is 0.230 e. The molecule has 0 atom stereocenters. The number of aromatic nitrogens is 2. The molecule has 132 valence electrons. The summed E-state index contributed by atoms with van der Waals surface area (Å²) in [5.74, 6) is 0.552. The lowest BCUT2D eigenvalue weighted by molar-refractivity contribution is -0.116. The molecule has 1 amide bonds. The Bertz CT molecular complexity index is 887. The Morgan fingerprint density at radius 3 is 2.08 bits per heavy atom. The summed E-state index contributed by atoms with van der Waals surface area (Å²) in [7, 11) is 0. The van der Waals surface area contributed by atoms with Gasteiger partial charge in [0.15, 0.2) is 0 Å². The summed E-state index contributed by atoms with van der Waals surface area (Å²) >= 11 is 0. The van der Waals surface area contributed by atoms with E-state index in [1.54, 1.807) is 0 Å². The Labute approximate surface area is 154 Å². The van der Waals surface area contributed by atoms with Crippen LogP contribution in [0.15, 0.2) is 60.7 Å². The molecule has 1 N–H and O–H groups in total. The van der Waals surface area contributed by atoms with Crippen molar-refractivity contribution in [3.8, 4) is 22.5 Å². The van der Waals surface area contributed by atoms with Gasteiger partial charge in [-0.25, -0.2) is 9.97 Å². The highest BCUT2D eigenvalue weighted by atomic mass is 16.1. The number of aryl methyl sites for hydroxylation is 1. The van der Waals surface area contributed by atoms with Crippen LogP contribution in [0.4, 0.5) is 5.95 Å². The minimum atomic E-state index is -0.0694. The number of carbonyl (C=O) groups is 1. The van der Waals surface area contributed by atoms with E-state index in [1.807, 2.05) is 62.4 Å². The Morgan fingerprint density at radius 2 is 1.50 bits per heavy atom. The molecule has 0 aliphatic heterocycles. The summed E-state index contributed by atoms with van der Waals surface area (Å²) in [6, 6.07) is 20.0. The lowest BCUT2D eigenvalue weighted by Gasteiger charge is -2.11. The molecule has 0 radical (unpaired) electrons. The SMILES string of the molecule is Cc1ccc(-c2cc(-c3ccccc3)nc(NC(=O)CC(C)C)n2)cc1. The van der Waals surface area contributed by atoms with Crippen molar-refractivity contribution in [2.45, 2.75) is 27.2 Å². The van der Waals surface area contributed by atoms with Crippen molar-refractivity contribution in [3.63, 3.8) is 0 Å². The maximum Gasteiger partial charge on any atom is 0.230 e. The second-order valence-electron chi connectivity index (χ2n) is 6.84. The zero-order chi connectivity index (χ0) is 18.5. The molecule has 1 heterocycles. The molecule has 0 aliphatic rings. The second-order valence-corrected chi connectivity index (χ2v) is 6.84. The molecule has 0 saturated heterocycles. The molecule has 4 heteroatoms. The van der Waals surface area contributed by atoms with E-state index in [0.29, 0.717) is 12.4 Å². The number of benzene rings is 2. The van der Waals surface area contributed by atoms with Gasteiger partial charge in [0.2, 0.25) is 11.9 Å². The molecule has 1 aromatic heterocycles. The lowest BCUT2D eigenvalue weighted by atomic mass is 10.1. The first-order valence-corrected chi connectivity index (χ1v) is 8.82. The third-order valence-electron chi connectivity index (χ3n) is 3.99. The largest absolute Gasteiger partial charge is 0.294 e. The van der Waals surface area contributed by atoms with Gasteiger partial charge in [0.05, 0.1) is 11.4 Å². The Balaban J connectivity index is 2.02. The molecule has 0 aliphatic carbocycles. The van der Waals surface area contributed by atoms with Gasteiger partial charge in [-0.2, -0.15) is 0 Å². The van der Waals surface area contributed by atoms with Crippen molar-refractivity contribution in [1.29, 1.82) is 0 Å². The highest BCUT2D eigenvalue weighted by Crippen LogP contribution is 2.25. The minimum Gasteiger partial charge on any atom is -0.294 e. The number of anilines is 1. The molecular weight excluding hydrogens is 322 g/mol. The van der Waals surface area contributed by atoms with Gasteiger partial charge in [-0.15, -0.1) is 0 Å². The highest BCUT2D eigenvalue weighted by Gasteiger charge is 2.12. The zero-order valence-corrected chi connectivity index (χ0v) is 15.4. The predicted molar refractivity (Wildman–Crippen MR) is 106 cm³/mol. The first kappa shape index (κ1) is 17.8. The third-order valence-corrected chi connectivity index (χ3v) is 3.99. The zero-order valence-electron chi connectivity index (χ0n) is 15.4. The van der Waals surface area contributed by atoms with Crippen molar-refractivity contribution in [2.75, 3.05) is 5.32 Å². The number of carbonyl (C=O) groups excluding carboxylic acids is 1. The van der Waals surface area contributed by atoms with Crippen molar-refractivity contribution in [3.05, 3.63) is 66.2 Å². The molecule has 0 bridgehead atoms. The summed E-state index contributed by atoms with van der Waals surface area (Å²) in [6.45, 7) is 6.08. The maximum atomic E-state index is 12.2. The van der Waals surface area contributed by atoms with Crippen LogP contribution in [0.25, 0.3) is 22.5 Å². The van der Waals surface area contributed by atoms with Crippen LogP contribution >= 0.6 is 0 Å². The number of rotatable bonds is 5. The Kier molecular flexibility index (Phi) is 5.42. The number of hydrogen-bond donors (Lipinski definition) is 1. The standard InChI is InChI=1S/C22H23N3O/c1-15(2)13-21(26)25-22-23-19(17-7-5-4-6-8-17)14-20(24-22)18-11-9-16(3)10-12-18/h4-12,14-15H,13H2,1-3H3,(H,23,24,25,26). The molecule has 2 aromatic carbocycles. The van der Waals surface area contributed by atoms with Crippen LogP contribution in [0.2, 0.25) is 0 Å². The molecule has 26 heavy (non-hydrogen) atoms. The van der Waals surface area contributed by atoms with Crippen LogP contribution in [0.1, 0.15) is 25.8 Å². The lowest BCUT2D eigenvalue weighted by Crippen LogP contribution is -2.16. The van der Waals surface area contributed by atoms with Crippen LogP contribution in [0, 0.1) is 12.8 Å². The predicted octanol–water partition coefficient (Wildman–Crippen LogP) is 5.10. The molecular formula is C22H23N3O. The average molecular weight is 345 g/mol. The van der Waals surface area contributed by atoms with E-state index >= 15 is 0 Å². The maximum absolute atomic E-state index is 12.2. The summed E-state index contributed by atoms with van der Waals surface area (Å²) in [5.41, 5.74) is 4.75. The van der Waals surface area contributed by atoms with Gasteiger partial charge in [-0.3, -0.25) is 10.1 Å². The summed E-state index contributed by atoms with van der Waals surface area (Å²) in [4.78, 5) is 21.3. The van der Waals surface area contributed by atoms with Crippen molar-refractivity contribution < 1.29 is 4.79 Å². The van der Waals surface area contributed by atoms with E-state index < -0.39 is 0 Å². The second kappa shape index (κ2) is 7.91. The van der Waals surface area contributed by atoms with E-state index in [4.69, 9.17) is 0 Å². The number of hydrogen-bond acceptors (Lipinski definition) is 3. The fourth-order valence-electron chi connectivity index (χ4n) is 2.68. The van der Waals surface area contributed by atoms with Crippen LogP contribution < -0.4 is 5.32 Å². The quantitative estimate of drug-likeness (QED) is 0.699. The molecule has 0 fully saturated rings. The van der Waals surface area contributed by atoms with Gasteiger partial charge in [0, 0.05) is 17.5 Å². The minimum absolute atomic E-state index is 0.0694. The van der Waals surface area contributed by atoms with Gasteiger partial charge in [0.1, 0.15) is 0 Å². The fourth-order valence-corrected chi connectivity index (χ4v) is 2.68. The fraction of sp³-hybridized carbons (Fsp3) is 0.227. The molecule has 3 aromatic rings. The average Bonchev–Trinajstić information content (AvgIpc) is 2.62. The monoisotopic (exact) mass is 345 g/mol. The molecule has 3 rings (SSSR count). The van der Waals surface area contributed by atoms with Crippen LogP contribution in [0.3, 0.4) is 0 Å².